The summed E-state index contributed by atoms with van der Waals surface area (Å²) in [5.74, 6) is 2.38. The second-order valence-electron chi connectivity index (χ2n) is 6.40. The number of carbonyl (C=O) groups excluding carboxylic acids is 1. The number of amides is 1. The number of carbonyl (C=O) groups is 1. The number of nitrogens with one attached hydrogen (secondary N) is 1. The maximum Gasteiger partial charge on any atom is 0.243 e. The third kappa shape index (κ3) is 5.94. The first-order valence-corrected chi connectivity index (χ1v) is 8.19. The van der Waals surface area contributed by atoms with Crippen molar-refractivity contribution in [2.24, 2.45) is 16.8 Å². The van der Waals surface area contributed by atoms with E-state index < -0.39 is 0 Å². The zero-order valence-corrected chi connectivity index (χ0v) is 14.4. The van der Waals surface area contributed by atoms with E-state index >= 15 is 0 Å². The summed E-state index contributed by atoms with van der Waals surface area (Å²) in [6.07, 6.45) is 3.47. The van der Waals surface area contributed by atoms with Crippen LogP contribution in [0.5, 0.6) is 0 Å². The van der Waals surface area contributed by atoms with Gasteiger partial charge in [0.1, 0.15) is 6.54 Å². The van der Waals surface area contributed by atoms with Gasteiger partial charge in [0.25, 0.3) is 0 Å². The van der Waals surface area contributed by atoms with Gasteiger partial charge in [-0.25, -0.2) is 4.99 Å². The minimum Gasteiger partial charge on any atom is -0.356 e. The highest BCUT2D eigenvalue weighted by atomic mass is 16.2. The molecule has 0 aromatic rings. The molecule has 21 heavy (non-hydrogen) atoms. The predicted molar refractivity (Wildman–Crippen MR) is 88.4 cm³/mol. The Labute approximate surface area is 129 Å². The molecule has 5 nitrogen and oxygen atoms in total. The molecule has 2 atom stereocenters. The van der Waals surface area contributed by atoms with E-state index in [0.29, 0.717) is 5.92 Å². The van der Waals surface area contributed by atoms with Gasteiger partial charge in [-0.1, -0.05) is 27.2 Å². The molecule has 2 unspecified atom stereocenters. The van der Waals surface area contributed by atoms with E-state index in [1.54, 1.807) is 19.0 Å². The van der Waals surface area contributed by atoms with Crippen molar-refractivity contribution in [3.63, 3.8) is 0 Å². The molecule has 1 fully saturated rings. The minimum atomic E-state index is 0.0446. The first-order chi connectivity index (χ1) is 9.95. The van der Waals surface area contributed by atoms with Crippen LogP contribution in [0.1, 0.15) is 40.0 Å². The first-order valence-electron chi connectivity index (χ1n) is 8.19. The molecular formula is C16H32N4O. The number of hydrogen-bond donors (Lipinski definition) is 1. The summed E-state index contributed by atoms with van der Waals surface area (Å²) >= 11 is 0. The lowest BCUT2D eigenvalue weighted by Crippen LogP contribution is -2.48. The second kappa shape index (κ2) is 8.90. The summed E-state index contributed by atoms with van der Waals surface area (Å²) in [7, 11) is 3.54. The van der Waals surface area contributed by atoms with Crippen molar-refractivity contribution in [1.82, 2.24) is 15.1 Å². The Hall–Kier alpha value is -1.26. The minimum absolute atomic E-state index is 0.0446. The van der Waals surface area contributed by atoms with Gasteiger partial charge in [-0.2, -0.15) is 0 Å². The fraction of sp³-hybridized carbons (Fsp3) is 0.875. The Morgan fingerprint density at radius 2 is 2.05 bits per heavy atom. The van der Waals surface area contributed by atoms with E-state index in [4.69, 9.17) is 0 Å². The Morgan fingerprint density at radius 1 is 1.33 bits per heavy atom. The van der Waals surface area contributed by atoms with Crippen molar-refractivity contribution in [3.8, 4) is 0 Å². The SMILES string of the molecule is CCCCNC(=NCC(=O)N(C)C)N1CCC(C)C(C)C1. The zero-order chi connectivity index (χ0) is 15.8. The molecule has 122 valence electrons. The number of piperidine rings is 1. The van der Waals surface area contributed by atoms with Gasteiger partial charge in [-0.3, -0.25) is 4.79 Å². The predicted octanol–water partition coefficient (Wildman–Crippen LogP) is 1.80. The molecule has 0 saturated carbocycles. The van der Waals surface area contributed by atoms with E-state index in [2.05, 4.69) is 36.0 Å². The third-order valence-electron chi connectivity index (χ3n) is 4.31. The standard InChI is InChI=1S/C16H32N4O/c1-6-7-9-17-16(18-11-15(21)19(4)5)20-10-8-13(2)14(3)12-20/h13-14H,6-12H2,1-5H3,(H,17,18). The van der Waals surface area contributed by atoms with Gasteiger partial charge in [-0.15, -0.1) is 0 Å². The summed E-state index contributed by atoms with van der Waals surface area (Å²) in [6.45, 7) is 9.99. The number of aliphatic imine (C=N–C) groups is 1. The van der Waals surface area contributed by atoms with E-state index in [1.165, 1.54) is 6.42 Å². The molecule has 1 saturated heterocycles. The smallest absolute Gasteiger partial charge is 0.243 e. The molecule has 5 heteroatoms. The summed E-state index contributed by atoms with van der Waals surface area (Å²) in [5, 5.41) is 3.43. The van der Waals surface area contributed by atoms with Crippen LogP contribution < -0.4 is 5.32 Å². The van der Waals surface area contributed by atoms with Crippen LogP contribution in [0, 0.1) is 11.8 Å². The number of hydrogen-bond acceptors (Lipinski definition) is 2. The van der Waals surface area contributed by atoms with Crippen LogP contribution in [0.2, 0.25) is 0 Å². The molecule has 1 N–H and O–H groups in total. The average molecular weight is 296 g/mol. The van der Waals surface area contributed by atoms with Crippen LogP contribution in [0.3, 0.4) is 0 Å². The highest BCUT2D eigenvalue weighted by Gasteiger charge is 2.24. The molecule has 1 aliphatic rings. The van der Waals surface area contributed by atoms with Crippen LogP contribution in [0.15, 0.2) is 4.99 Å². The quantitative estimate of drug-likeness (QED) is 0.478. The highest BCUT2D eigenvalue weighted by Crippen LogP contribution is 2.22. The fourth-order valence-electron chi connectivity index (χ4n) is 2.38. The van der Waals surface area contributed by atoms with Gasteiger partial charge in [0.15, 0.2) is 5.96 Å². The van der Waals surface area contributed by atoms with Crippen molar-refractivity contribution >= 4 is 11.9 Å². The van der Waals surface area contributed by atoms with Gasteiger partial charge in [0, 0.05) is 33.7 Å². The Kier molecular flexibility index (Phi) is 7.54. The largest absolute Gasteiger partial charge is 0.356 e. The van der Waals surface area contributed by atoms with Crippen molar-refractivity contribution in [1.29, 1.82) is 0 Å². The number of rotatable bonds is 5. The van der Waals surface area contributed by atoms with Gasteiger partial charge in [0.05, 0.1) is 0 Å². The van der Waals surface area contributed by atoms with E-state index in [1.807, 2.05) is 0 Å². The van der Waals surface area contributed by atoms with Gasteiger partial charge in [-0.05, 0) is 24.7 Å². The van der Waals surface area contributed by atoms with Gasteiger partial charge < -0.3 is 15.1 Å². The van der Waals surface area contributed by atoms with Crippen LogP contribution in [0.25, 0.3) is 0 Å². The Balaban J connectivity index is 2.67. The highest BCUT2D eigenvalue weighted by molar-refractivity contribution is 5.84. The monoisotopic (exact) mass is 296 g/mol. The summed E-state index contributed by atoms with van der Waals surface area (Å²) in [6, 6.07) is 0. The maximum absolute atomic E-state index is 11.7. The van der Waals surface area contributed by atoms with Gasteiger partial charge in [0.2, 0.25) is 5.91 Å². The molecule has 0 spiro atoms. The van der Waals surface area contributed by atoms with Crippen LogP contribution in [0.4, 0.5) is 0 Å². The van der Waals surface area contributed by atoms with Gasteiger partial charge >= 0.3 is 0 Å². The topological polar surface area (TPSA) is 47.9 Å². The molecule has 0 aromatic heterocycles. The van der Waals surface area contributed by atoms with Crippen LogP contribution in [-0.2, 0) is 4.79 Å². The van der Waals surface area contributed by atoms with E-state index in [-0.39, 0.29) is 12.5 Å². The van der Waals surface area contributed by atoms with Crippen molar-refractivity contribution < 1.29 is 4.79 Å². The lowest BCUT2D eigenvalue weighted by atomic mass is 9.89. The Bertz CT molecular complexity index is 354. The lowest BCUT2D eigenvalue weighted by Gasteiger charge is -2.37. The summed E-state index contributed by atoms with van der Waals surface area (Å²) < 4.78 is 0. The van der Waals surface area contributed by atoms with Crippen molar-refractivity contribution in [2.45, 2.75) is 40.0 Å². The lowest BCUT2D eigenvalue weighted by molar-refractivity contribution is -0.127. The van der Waals surface area contributed by atoms with Crippen LogP contribution >= 0.6 is 0 Å². The fourth-order valence-corrected chi connectivity index (χ4v) is 2.38. The molecule has 0 aliphatic carbocycles. The third-order valence-corrected chi connectivity index (χ3v) is 4.31. The Morgan fingerprint density at radius 3 is 2.62 bits per heavy atom. The first kappa shape index (κ1) is 17.8. The zero-order valence-electron chi connectivity index (χ0n) is 14.4. The van der Waals surface area contributed by atoms with Crippen molar-refractivity contribution in [3.05, 3.63) is 0 Å². The number of nitrogens with zero attached hydrogens (tertiary/aromatic N) is 3. The second-order valence-corrected chi connectivity index (χ2v) is 6.40. The molecular weight excluding hydrogens is 264 g/mol. The molecule has 1 rings (SSSR count). The molecule has 0 bridgehead atoms. The summed E-state index contributed by atoms with van der Waals surface area (Å²) in [4.78, 5) is 20.2. The summed E-state index contributed by atoms with van der Waals surface area (Å²) in [5.41, 5.74) is 0. The molecule has 0 aromatic carbocycles. The number of likely N-dealkylation sites (tertiary alicyclic amines) is 1. The van der Waals surface area contributed by atoms with E-state index in [0.717, 1.165) is 44.4 Å². The van der Waals surface area contributed by atoms with Crippen molar-refractivity contribution in [2.75, 3.05) is 40.3 Å². The normalized spacial score (nSPS) is 23.1. The number of guanidine groups is 1. The van der Waals surface area contributed by atoms with Crippen LogP contribution in [-0.4, -0.2) is 61.9 Å². The maximum atomic E-state index is 11.7. The molecule has 1 amide bonds. The molecule has 0 radical (unpaired) electrons. The molecule has 1 heterocycles. The number of likely N-dealkylation sites (N-methyl/N-ethyl adjacent to an activating group) is 1. The van der Waals surface area contributed by atoms with E-state index in [9.17, 15) is 4.79 Å². The average Bonchev–Trinajstić information content (AvgIpc) is 2.45. The number of unbranched alkanes of at least 4 members (excludes halogenated alkanes) is 1. The molecule has 1 aliphatic heterocycles.